The average Bonchev–Trinajstić information content (AvgIpc) is 2.31. The van der Waals surface area contributed by atoms with Gasteiger partial charge in [0.05, 0.1) is 0 Å². The largest absolute Gasteiger partial charge is 0.480 e. The maximum absolute atomic E-state index is 13.4. The van der Waals surface area contributed by atoms with Crippen LogP contribution >= 0.6 is 0 Å². The molecule has 0 unspecified atom stereocenters. The minimum absolute atomic E-state index is 0.0629. The molecule has 0 amide bonds. The Kier molecular flexibility index (Phi) is 5.22. The number of halogens is 2. The Balaban J connectivity index is 2.70. The van der Waals surface area contributed by atoms with Gasteiger partial charge in [0.15, 0.2) is 0 Å². The van der Waals surface area contributed by atoms with Crippen molar-refractivity contribution in [1.82, 2.24) is 5.32 Å². The molecule has 2 N–H and O–H groups in total. The van der Waals surface area contributed by atoms with Crippen LogP contribution in [-0.2, 0) is 11.3 Å². The Hall–Kier alpha value is -1.49. The highest BCUT2D eigenvalue weighted by Gasteiger charge is 2.22. The summed E-state index contributed by atoms with van der Waals surface area (Å²) in [7, 11) is 0. The zero-order valence-electron chi connectivity index (χ0n) is 10.4. The lowest BCUT2D eigenvalue weighted by molar-refractivity contribution is -0.140. The van der Waals surface area contributed by atoms with Gasteiger partial charge in [0.2, 0.25) is 0 Å². The van der Waals surface area contributed by atoms with Gasteiger partial charge in [0, 0.05) is 18.2 Å². The second kappa shape index (κ2) is 6.44. The molecule has 0 saturated carbocycles. The molecule has 18 heavy (non-hydrogen) atoms. The van der Waals surface area contributed by atoms with E-state index in [1.54, 1.807) is 0 Å². The van der Waals surface area contributed by atoms with Crippen LogP contribution in [0.2, 0.25) is 0 Å². The Morgan fingerprint density at radius 3 is 2.61 bits per heavy atom. The lowest BCUT2D eigenvalue weighted by Crippen LogP contribution is -2.41. The molecule has 3 nitrogen and oxygen atoms in total. The summed E-state index contributed by atoms with van der Waals surface area (Å²) in [6.45, 7) is 3.76. The fourth-order valence-electron chi connectivity index (χ4n) is 1.65. The molecule has 0 bridgehead atoms. The molecule has 2 atom stereocenters. The Bertz CT molecular complexity index is 423. The zero-order valence-corrected chi connectivity index (χ0v) is 10.4. The summed E-state index contributed by atoms with van der Waals surface area (Å²) in [5.41, 5.74) is 0.256. The summed E-state index contributed by atoms with van der Waals surface area (Å²) in [6, 6.07) is 2.52. The van der Waals surface area contributed by atoms with E-state index in [-0.39, 0.29) is 18.0 Å². The SMILES string of the molecule is CC[C@H](C)[C@H](NCc1ccc(F)cc1F)C(=O)O. The van der Waals surface area contributed by atoms with Gasteiger partial charge in [0.25, 0.3) is 0 Å². The number of hydrogen-bond donors (Lipinski definition) is 2. The second-order valence-electron chi connectivity index (χ2n) is 4.32. The minimum atomic E-state index is -0.966. The molecule has 1 aromatic carbocycles. The van der Waals surface area contributed by atoms with Gasteiger partial charge < -0.3 is 5.11 Å². The number of hydrogen-bond acceptors (Lipinski definition) is 2. The maximum atomic E-state index is 13.4. The van der Waals surface area contributed by atoms with Crippen molar-refractivity contribution in [1.29, 1.82) is 0 Å². The molecular weight excluding hydrogens is 240 g/mol. The average molecular weight is 257 g/mol. The molecule has 0 aliphatic carbocycles. The molecular formula is C13H17F2NO2. The summed E-state index contributed by atoms with van der Waals surface area (Å²) in [6.07, 6.45) is 0.704. The van der Waals surface area contributed by atoms with E-state index in [0.717, 1.165) is 12.1 Å². The van der Waals surface area contributed by atoms with E-state index >= 15 is 0 Å². The van der Waals surface area contributed by atoms with Gasteiger partial charge in [-0.15, -0.1) is 0 Å². The van der Waals surface area contributed by atoms with Crippen LogP contribution in [0.4, 0.5) is 8.78 Å². The quantitative estimate of drug-likeness (QED) is 0.823. The highest BCUT2D eigenvalue weighted by molar-refractivity contribution is 5.73. The molecule has 100 valence electrons. The summed E-state index contributed by atoms with van der Waals surface area (Å²) < 4.78 is 26.1. The van der Waals surface area contributed by atoms with Crippen LogP contribution in [0.5, 0.6) is 0 Å². The first-order valence-electron chi connectivity index (χ1n) is 5.85. The molecule has 0 aromatic heterocycles. The zero-order chi connectivity index (χ0) is 13.7. The lowest BCUT2D eigenvalue weighted by atomic mass is 9.99. The van der Waals surface area contributed by atoms with Crippen LogP contribution in [0, 0.1) is 17.6 Å². The van der Waals surface area contributed by atoms with Crippen molar-refractivity contribution >= 4 is 5.97 Å². The summed E-state index contributed by atoms with van der Waals surface area (Å²) in [4.78, 5) is 11.0. The number of benzene rings is 1. The van der Waals surface area contributed by atoms with E-state index in [0.29, 0.717) is 6.42 Å². The van der Waals surface area contributed by atoms with Crippen LogP contribution in [-0.4, -0.2) is 17.1 Å². The Morgan fingerprint density at radius 2 is 2.11 bits per heavy atom. The van der Waals surface area contributed by atoms with E-state index in [1.807, 2.05) is 13.8 Å². The number of carboxylic acid groups (broad SMARTS) is 1. The number of rotatable bonds is 6. The molecule has 0 heterocycles. The summed E-state index contributed by atoms with van der Waals surface area (Å²) in [5.74, 6) is -2.35. The number of nitrogens with one attached hydrogen (secondary N) is 1. The molecule has 0 aliphatic rings. The van der Waals surface area contributed by atoms with Crippen LogP contribution < -0.4 is 5.32 Å². The normalized spacial score (nSPS) is 14.2. The molecule has 1 rings (SSSR count). The van der Waals surface area contributed by atoms with Crippen molar-refractivity contribution in [3.05, 3.63) is 35.4 Å². The fraction of sp³-hybridized carbons (Fsp3) is 0.462. The third-order valence-corrected chi connectivity index (χ3v) is 3.01. The van der Waals surface area contributed by atoms with E-state index < -0.39 is 23.6 Å². The maximum Gasteiger partial charge on any atom is 0.320 e. The molecule has 0 radical (unpaired) electrons. The second-order valence-corrected chi connectivity index (χ2v) is 4.32. The topological polar surface area (TPSA) is 49.3 Å². The fourth-order valence-corrected chi connectivity index (χ4v) is 1.65. The monoisotopic (exact) mass is 257 g/mol. The van der Waals surface area contributed by atoms with Crippen molar-refractivity contribution in [2.75, 3.05) is 0 Å². The van der Waals surface area contributed by atoms with Crippen molar-refractivity contribution < 1.29 is 18.7 Å². The van der Waals surface area contributed by atoms with Gasteiger partial charge in [0.1, 0.15) is 17.7 Å². The lowest BCUT2D eigenvalue weighted by Gasteiger charge is -2.20. The van der Waals surface area contributed by atoms with Crippen LogP contribution in [0.3, 0.4) is 0 Å². The third kappa shape index (κ3) is 3.77. The summed E-state index contributed by atoms with van der Waals surface area (Å²) >= 11 is 0. The van der Waals surface area contributed by atoms with Gasteiger partial charge in [-0.05, 0) is 12.0 Å². The molecule has 5 heteroatoms. The van der Waals surface area contributed by atoms with Crippen molar-refractivity contribution in [2.45, 2.75) is 32.9 Å². The first kappa shape index (κ1) is 14.6. The third-order valence-electron chi connectivity index (χ3n) is 3.01. The van der Waals surface area contributed by atoms with Crippen LogP contribution in [0.25, 0.3) is 0 Å². The van der Waals surface area contributed by atoms with Crippen LogP contribution in [0.1, 0.15) is 25.8 Å². The molecule has 0 spiro atoms. The molecule has 0 saturated heterocycles. The van der Waals surface area contributed by atoms with Gasteiger partial charge in [-0.3, -0.25) is 10.1 Å². The van der Waals surface area contributed by atoms with E-state index in [9.17, 15) is 13.6 Å². The first-order chi connectivity index (χ1) is 8.45. The van der Waals surface area contributed by atoms with Gasteiger partial charge in [-0.1, -0.05) is 26.3 Å². The number of carboxylic acids is 1. The molecule has 0 aliphatic heterocycles. The van der Waals surface area contributed by atoms with E-state index in [1.165, 1.54) is 6.07 Å². The molecule has 1 aromatic rings. The first-order valence-corrected chi connectivity index (χ1v) is 5.85. The van der Waals surface area contributed by atoms with Crippen LogP contribution in [0.15, 0.2) is 18.2 Å². The van der Waals surface area contributed by atoms with Gasteiger partial charge in [-0.25, -0.2) is 8.78 Å². The highest BCUT2D eigenvalue weighted by Crippen LogP contribution is 2.12. The number of aliphatic carboxylic acids is 1. The number of carbonyl (C=O) groups is 1. The smallest absolute Gasteiger partial charge is 0.320 e. The van der Waals surface area contributed by atoms with Crippen molar-refractivity contribution in [3.63, 3.8) is 0 Å². The van der Waals surface area contributed by atoms with Crippen molar-refractivity contribution in [3.8, 4) is 0 Å². The standard InChI is InChI=1S/C13H17F2NO2/c1-3-8(2)12(13(17)18)16-7-9-4-5-10(14)6-11(9)15/h4-6,8,12,16H,3,7H2,1-2H3,(H,17,18)/t8-,12-/m0/s1. The summed E-state index contributed by atoms with van der Waals surface area (Å²) in [5, 5.41) is 11.8. The predicted molar refractivity (Wildman–Crippen MR) is 64.1 cm³/mol. The highest BCUT2D eigenvalue weighted by atomic mass is 19.1. The van der Waals surface area contributed by atoms with Gasteiger partial charge >= 0.3 is 5.97 Å². The predicted octanol–water partition coefficient (Wildman–Crippen LogP) is 2.55. The van der Waals surface area contributed by atoms with E-state index in [2.05, 4.69) is 5.32 Å². The molecule has 0 fully saturated rings. The van der Waals surface area contributed by atoms with Crippen molar-refractivity contribution in [2.24, 2.45) is 5.92 Å². The Morgan fingerprint density at radius 1 is 1.44 bits per heavy atom. The Labute approximate surface area is 105 Å². The van der Waals surface area contributed by atoms with E-state index in [4.69, 9.17) is 5.11 Å². The minimum Gasteiger partial charge on any atom is -0.480 e. The van der Waals surface area contributed by atoms with Gasteiger partial charge in [-0.2, -0.15) is 0 Å².